The number of nitrogens with zero attached hydrogens (tertiary/aromatic N) is 1. The molecule has 0 aliphatic carbocycles. The number of amides is 1. The zero-order valence-corrected chi connectivity index (χ0v) is 11.0. The third kappa shape index (κ3) is 4.65. The summed E-state index contributed by atoms with van der Waals surface area (Å²) >= 11 is 0. The van der Waals surface area contributed by atoms with Crippen LogP contribution in [0.25, 0.3) is 0 Å². The average molecular weight is 214 g/mol. The first-order valence-corrected chi connectivity index (χ1v) is 5.71. The van der Waals surface area contributed by atoms with E-state index in [0.717, 1.165) is 6.42 Å². The monoisotopic (exact) mass is 214 g/mol. The van der Waals surface area contributed by atoms with E-state index in [1.54, 1.807) is 4.90 Å². The number of hydrogen-bond acceptors (Lipinski definition) is 2. The standard InChI is InChI=1S/C12H26N2O/c1-7-9(2)14(6)11(15)8-10(13)12(3,4)5/h9-10H,7-8,13H2,1-6H3. The molecule has 2 unspecified atom stereocenters. The normalized spacial score (nSPS) is 15.9. The van der Waals surface area contributed by atoms with Crippen LogP contribution >= 0.6 is 0 Å². The van der Waals surface area contributed by atoms with Gasteiger partial charge in [-0.05, 0) is 18.8 Å². The van der Waals surface area contributed by atoms with Crippen molar-refractivity contribution in [3.8, 4) is 0 Å². The highest BCUT2D eigenvalue weighted by atomic mass is 16.2. The van der Waals surface area contributed by atoms with Crippen LogP contribution in [0.2, 0.25) is 0 Å². The van der Waals surface area contributed by atoms with E-state index in [1.165, 1.54) is 0 Å². The largest absolute Gasteiger partial charge is 0.343 e. The minimum atomic E-state index is -0.0727. The van der Waals surface area contributed by atoms with Crippen molar-refractivity contribution in [1.29, 1.82) is 0 Å². The van der Waals surface area contributed by atoms with Crippen LogP contribution in [-0.4, -0.2) is 29.9 Å². The van der Waals surface area contributed by atoms with E-state index in [-0.39, 0.29) is 17.4 Å². The fourth-order valence-corrected chi connectivity index (χ4v) is 1.16. The lowest BCUT2D eigenvalue weighted by molar-refractivity contribution is -0.132. The summed E-state index contributed by atoms with van der Waals surface area (Å²) < 4.78 is 0. The maximum absolute atomic E-state index is 11.8. The van der Waals surface area contributed by atoms with Crippen molar-refractivity contribution in [3.63, 3.8) is 0 Å². The van der Waals surface area contributed by atoms with Gasteiger partial charge >= 0.3 is 0 Å². The molecule has 3 nitrogen and oxygen atoms in total. The van der Waals surface area contributed by atoms with Crippen molar-refractivity contribution in [2.75, 3.05) is 7.05 Å². The number of carbonyl (C=O) groups is 1. The van der Waals surface area contributed by atoms with E-state index in [9.17, 15) is 4.79 Å². The molecule has 3 heteroatoms. The predicted octanol–water partition coefficient (Wildman–Crippen LogP) is 2.01. The molecule has 0 saturated heterocycles. The van der Waals surface area contributed by atoms with Gasteiger partial charge in [-0.15, -0.1) is 0 Å². The van der Waals surface area contributed by atoms with Crippen molar-refractivity contribution in [2.45, 2.75) is 59.5 Å². The lowest BCUT2D eigenvalue weighted by atomic mass is 9.85. The number of hydrogen-bond donors (Lipinski definition) is 1. The van der Waals surface area contributed by atoms with Gasteiger partial charge in [0.05, 0.1) is 0 Å². The second kappa shape index (κ2) is 5.50. The first-order valence-electron chi connectivity index (χ1n) is 5.71. The van der Waals surface area contributed by atoms with Crippen molar-refractivity contribution < 1.29 is 4.79 Å². The second-order valence-electron chi connectivity index (χ2n) is 5.44. The molecule has 15 heavy (non-hydrogen) atoms. The molecule has 0 aromatic heterocycles. The number of carbonyl (C=O) groups excluding carboxylic acids is 1. The maximum Gasteiger partial charge on any atom is 0.224 e. The third-order valence-electron chi connectivity index (χ3n) is 3.15. The van der Waals surface area contributed by atoms with Gasteiger partial charge in [0.1, 0.15) is 0 Å². The molecule has 0 saturated carbocycles. The quantitative estimate of drug-likeness (QED) is 0.778. The van der Waals surface area contributed by atoms with Crippen LogP contribution in [0.15, 0.2) is 0 Å². The SMILES string of the molecule is CCC(C)N(C)C(=O)CC(N)C(C)(C)C. The Morgan fingerprint density at radius 2 is 1.87 bits per heavy atom. The molecule has 0 bridgehead atoms. The van der Waals surface area contributed by atoms with E-state index in [1.807, 2.05) is 7.05 Å². The highest BCUT2D eigenvalue weighted by Crippen LogP contribution is 2.20. The maximum atomic E-state index is 11.8. The van der Waals surface area contributed by atoms with Crippen LogP contribution in [-0.2, 0) is 4.79 Å². The van der Waals surface area contributed by atoms with Crippen LogP contribution < -0.4 is 5.73 Å². The van der Waals surface area contributed by atoms with E-state index in [0.29, 0.717) is 12.5 Å². The first kappa shape index (κ1) is 14.4. The topological polar surface area (TPSA) is 46.3 Å². The molecule has 90 valence electrons. The summed E-state index contributed by atoms with van der Waals surface area (Å²) in [7, 11) is 1.85. The zero-order valence-electron chi connectivity index (χ0n) is 11.0. The Bertz CT molecular complexity index is 208. The smallest absolute Gasteiger partial charge is 0.224 e. The summed E-state index contributed by atoms with van der Waals surface area (Å²) in [5.41, 5.74) is 5.98. The highest BCUT2D eigenvalue weighted by Gasteiger charge is 2.25. The Morgan fingerprint density at radius 1 is 1.40 bits per heavy atom. The minimum absolute atomic E-state index is 0.00798. The number of rotatable bonds is 4. The van der Waals surface area contributed by atoms with Gasteiger partial charge in [-0.2, -0.15) is 0 Å². The van der Waals surface area contributed by atoms with Crippen LogP contribution in [0.4, 0.5) is 0 Å². The van der Waals surface area contributed by atoms with Gasteiger partial charge in [0.15, 0.2) is 0 Å². The minimum Gasteiger partial charge on any atom is -0.343 e. The van der Waals surface area contributed by atoms with Gasteiger partial charge in [0.2, 0.25) is 5.91 Å². The summed E-state index contributed by atoms with van der Waals surface area (Å²) in [5, 5.41) is 0. The van der Waals surface area contributed by atoms with Crippen LogP contribution in [0.1, 0.15) is 47.5 Å². The Balaban J connectivity index is 4.25. The molecule has 2 N–H and O–H groups in total. The fraction of sp³-hybridized carbons (Fsp3) is 0.917. The zero-order chi connectivity index (χ0) is 12.2. The average Bonchev–Trinajstić information content (AvgIpc) is 2.13. The molecule has 2 atom stereocenters. The van der Waals surface area contributed by atoms with E-state index in [2.05, 4.69) is 34.6 Å². The lowest BCUT2D eigenvalue weighted by Gasteiger charge is -2.30. The first-order chi connectivity index (χ1) is 6.70. The van der Waals surface area contributed by atoms with Crippen molar-refractivity contribution in [2.24, 2.45) is 11.1 Å². The molecule has 0 aliphatic heterocycles. The molecule has 0 heterocycles. The molecular weight excluding hydrogens is 188 g/mol. The van der Waals surface area contributed by atoms with E-state index < -0.39 is 0 Å². The summed E-state index contributed by atoms with van der Waals surface area (Å²) in [5.74, 6) is 0.145. The van der Waals surface area contributed by atoms with Gasteiger partial charge < -0.3 is 10.6 Å². The molecule has 0 fully saturated rings. The van der Waals surface area contributed by atoms with Crippen LogP contribution in [0, 0.1) is 5.41 Å². The van der Waals surface area contributed by atoms with Gasteiger partial charge in [-0.25, -0.2) is 0 Å². The molecular formula is C12H26N2O. The molecule has 0 rings (SSSR count). The number of nitrogens with two attached hydrogens (primary N) is 1. The van der Waals surface area contributed by atoms with E-state index in [4.69, 9.17) is 5.73 Å². The Labute approximate surface area is 94.0 Å². The predicted molar refractivity (Wildman–Crippen MR) is 64.6 cm³/mol. The Morgan fingerprint density at radius 3 is 2.20 bits per heavy atom. The molecule has 0 aromatic carbocycles. The fourth-order valence-electron chi connectivity index (χ4n) is 1.16. The van der Waals surface area contributed by atoms with Gasteiger partial charge in [-0.1, -0.05) is 27.7 Å². The van der Waals surface area contributed by atoms with Crippen LogP contribution in [0.3, 0.4) is 0 Å². The Kier molecular flexibility index (Phi) is 5.29. The summed E-state index contributed by atoms with van der Waals surface area (Å²) in [6.45, 7) is 10.3. The molecule has 0 radical (unpaired) electrons. The Hall–Kier alpha value is -0.570. The highest BCUT2D eigenvalue weighted by molar-refractivity contribution is 5.76. The molecule has 0 spiro atoms. The second-order valence-corrected chi connectivity index (χ2v) is 5.44. The summed E-state index contributed by atoms with van der Waals surface area (Å²) in [6.07, 6.45) is 1.41. The summed E-state index contributed by atoms with van der Waals surface area (Å²) in [6, 6.07) is 0.223. The van der Waals surface area contributed by atoms with Crippen LogP contribution in [0.5, 0.6) is 0 Å². The van der Waals surface area contributed by atoms with Gasteiger partial charge in [0, 0.05) is 25.6 Å². The van der Waals surface area contributed by atoms with Crippen molar-refractivity contribution >= 4 is 5.91 Å². The molecule has 0 aliphatic rings. The van der Waals surface area contributed by atoms with Crippen molar-refractivity contribution in [1.82, 2.24) is 4.90 Å². The summed E-state index contributed by atoms with van der Waals surface area (Å²) in [4.78, 5) is 13.6. The molecule has 1 amide bonds. The van der Waals surface area contributed by atoms with Gasteiger partial charge in [-0.3, -0.25) is 4.79 Å². The lowest BCUT2D eigenvalue weighted by Crippen LogP contribution is -2.42. The van der Waals surface area contributed by atoms with Crippen molar-refractivity contribution in [3.05, 3.63) is 0 Å². The van der Waals surface area contributed by atoms with E-state index >= 15 is 0 Å². The third-order valence-corrected chi connectivity index (χ3v) is 3.15. The van der Waals surface area contributed by atoms with Gasteiger partial charge in [0.25, 0.3) is 0 Å². The molecule has 0 aromatic rings.